The zero-order chi connectivity index (χ0) is 17.6. The van der Waals surface area contributed by atoms with E-state index in [1.165, 1.54) is 12.3 Å². The fraction of sp³-hybridized carbons (Fsp3) is 0.100. The van der Waals surface area contributed by atoms with E-state index in [2.05, 4.69) is 10.1 Å². The number of aryl methyl sites for hydroxylation is 1. The van der Waals surface area contributed by atoms with Crippen LogP contribution in [0.25, 0.3) is 5.69 Å². The summed E-state index contributed by atoms with van der Waals surface area (Å²) in [6, 6.07) is 18.7. The van der Waals surface area contributed by atoms with Gasteiger partial charge in [0.1, 0.15) is 0 Å². The van der Waals surface area contributed by atoms with Gasteiger partial charge in [0.25, 0.3) is 0 Å². The van der Waals surface area contributed by atoms with Gasteiger partial charge in [-0.2, -0.15) is 5.10 Å². The molecule has 25 heavy (non-hydrogen) atoms. The lowest BCUT2D eigenvalue weighted by atomic mass is 10.2. The van der Waals surface area contributed by atoms with Gasteiger partial charge in [-0.3, -0.25) is 9.79 Å². The van der Waals surface area contributed by atoms with Crippen molar-refractivity contribution in [2.75, 3.05) is 0 Å². The van der Waals surface area contributed by atoms with E-state index in [1.54, 1.807) is 10.9 Å². The average Bonchev–Trinajstić information content (AvgIpc) is 2.63. The molecule has 124 valence electrons. The summed E-state index contributed by atoms with van der Waals surface area (Å²) in [4.78, 5) is 16.8. The quantitative estimate of drug-likeness (QED) is 0.725. The van der Waals surface area contributed by atoms with E-state index < -0.39 is 0 Å². The minimum atomic E-state index is -0.208. The molecule has 5 heteroatoms. The molecule has 1 aromatic heterocycles. The lowest BCUT2D eigenvalue weighted by Gasteiger charge is -2.09. The molecule has 0 unspecified atom stereocenters. The van der Waals surface area contributed by atoms with Crippen LogP contribution in [-0.4, -0.2) is 21.7 Å². The summed E-state index contributed by atoms with van der Waals surface area (Å²) < 4.78 is 1.65. The van der Waals surface area contributed by atoms with E-state index in [9.17, 15) is 4.79 Å². The highest BCUT2D eigenvalue weighted by molar-refractivity contribution is 6.06. The Bertz CT molecular complexity index is 957. The van der Waals surface area contributed by atoms with Crippen LogP contribution in [0.1, 0.15) is 17.7 Å². The molecule has 0 atom stereocenters. The van der Waals surface area contributed by atoms with Gasteiger partial charge in [-0.25, -0.2) is 4.68 Å². The van der Waals surface area contributed by atoms with Crippen molar-refractivity contribution in [3.8, 4) is 5.69 Å². The SMILES string of the molecule is Cc1ccc(-n2ccc(=O)c(C(CC=N)=Nc3ccccc3)n2)cc1. The molecule has 0 aliphatic heterocycles. The first-order valence-corrected chi connectivity index (χ1v) is 7.96. The van der Waals surface area contributed by atoms with Gasteiger partial charge in [0.05, 0.1) is 17.1 Å². The van der Waals surface area contributed by atoms with Crippen molar-refractivity contribution in [2.45, 2.75) is 13.3 Å². The van der Waals surface area contributed by atoms with Gasteiger partial charge in [0.15, 0.2) is 5.69 Å². The van der Waals surface area contributed by atoms with Gasteiger partial charge in [-0.1, -0.05) is 35.9 Å². The van der Waals surface area contributed by atoms with E-state index in [0.29, 0.717) is 5.71 Å². The topological polar surface area (TPSA) is 71.1 Å². The monoisotopic (exact) mass is 330 g/mol. The van der Waals surface area contributed by atoms with Crippen molar-refractivity contribution in [2.24, 2.45) is 4.99 Å². The molecule has 0 amide bonds. The number of para-hydroxylation sites is 1. The molecule has 0 aliphatic carbocycles. The molecular formula is C20H18N4O. The molecule has 5 nitrogen and oxygen atoms in total. The molecule has 0 radical (unpaired) electrons. The summed E-state index contributed by atoms with van der Waals surface area (Å²) >= 11 is 0. The first kappa shape index (κ1) is 16.5. The van der Waals surface area contributed by atoms with Crippen LogP contribution in [0.2, 0.25) is 0 Å². The van der Waals surface area contributed by atoms with E-state index in [0.717, 1.165) is 16.9 Å². The van der Waals surface area contributed by atoms with Crippen LogP contribution in [0.5, 0.6) is 0 Å². The Kier molecular flexibility index (Phi) is 4.95. The number of nitrogens with zero attached hydrogens (tertiary/aromatic N) is 3. The third-order valence-corrected chi connectivity index (χ3v) is 3.70. The second kappa shape index (κ2) is 7.49. The fourth-order valence-electron chi connectivity index (χ4n) is 2.40. The lowest BCUT2D eigenvalue weighted by molar-refractivity contribution is 0.827. The van der Waals surface area contributed by atoms with E-state index >= 15 is 0 Å². The Balaban J connectivity index is 2.08. The van der Waals surface area contributed by atoms with Gasteiger partial charge >= 0.3 is 0 Å². The molecule has 0 saturated heterocycles. The highest BCUT2D eigenvalue weighted by Crippen LogP contribution is 2.13. The summed E-state index contributed by atoms with van der Waals surface area (Å²) in [5.74, 6) is 0. The largest absolute Gasteiger partial charge is 0.313 e. The summed E-state index contributed by atoms with van der Waals surface area (Å²) in [6.07, 6.45) is 3.11. The number of aromatic nitrogens is 2. The molecule has 1 heterocycles. The van der Waals surface area contributed by atoms with Crippen LogP contribution in [0, 0.1) is 12.3 Å². The number of nitrogens with one attached hydrogen (secondary N) is 1. The fourth-order valence-corrected chi connectivity index (χ4v) is 2.40. The number of rotatable bonds is 5. The third kappa shape index (κ3) is 3.95. The van der Waals surface area contributed by atoms with Crippen molar-refractivity contribution in [1.82, 2.24) is 9.78 Å². The molecule has 0 bridgehead atoms. The Labute approximate surface area is 145 Å². The average molecular weight is 330 g/mol. The highest BCUT2D eigenvalue weighted by Gasteiger charge is 2.11. The Morgan fingerprint density at radius 2 is 1.84 bits per heavy atom. The van der Waals surface area contributed by atoms with Crippen LogP contribution >= 0.6 is 0 Å². The van der Waals surface area contributed by atoms with Gasteiger partial charge < -0.3 is 5.41 Å². The first-order valence-electron chi connectivity index (χ1n) is 7.96. The molecule has 3 rings (SSSR count). The van der Waals surface area contributed by atoms with Crippen molar-refractivity contribution in [3.63, 3.8) is 0 Å². The predicted molar refractivity (Wildman–Crippen MR) is 101 cm³/mol. The lowest BCUT2D eigenvalue weighted by Crippen LogP contribution is -2.21. The summed E-state index contributed by atoms with van der Waals surface area (Å²) in [7, 11) is 0. The van der Waals surface area contributed by atoms with Gasteiger partial charge in [-0.15, -0.1) is 0 Å². The Hall–Kier alpha value is -3.34. The molecule has 0 fully saturated rings. The van der Waals surface area contributed by atoms with Crippen LogP contribution in [0.4, 0.5) is 5.69 Å². The number of hydrogen-bond donors (Lipinski definition) is 1. The van der Waals surface area contributed by atoms with E-state index in [-0.39, 0.29) is 17.5 Å². The molecule has 0 aliphatic rings. The standard InChI is InChI=1S/C20H18N4O/c1-15-7-9-17(10-8-15)24-14-12-19(25)20(23-24)18(11-13-21)22-16-5-3-2-4-6-16/h2-10,12-14,21H,11H2,1H3. The molecule has 0 saturated carbocycles. The molecule has 2 aromatic carbocycles. The second-order valence-electron chi connectivity index (χ2n) is 5.61. The summed E-state index contributed by atoms with van der Waals surface area (Å²) in [6.45, 7) is 2.02. The van der Waals surface area contributed by atoms with Crippen molar-refractivity contribution in [1.29, 1.82) is 5.41 Å². The number of hydrogen-bond acceptors (Lipinski definition) is 4. The van der Waals surface area contributed by atoms with Crippen LogP contribution < -0.4 is 5.43 Å². The van der Waals surface area contributed by atoms with E-state index in [1.807, 2.05) is 61.5 Å². The maximum atomic E-state index is 12.3. The van der Waals surface area contributed by atoms with Crippen LogP contribution in [0.3, 0.4) is 0 Å². The maximum Gasteiger partial charge on any atom is 0.209 e. The zero-order valence-electron chi connectivity index (χ0n) is 13.9. The molecule has 1 N–H and O–H groups in total. The minimum absolute atomic E-state index is 0.208. The third-order valence-electron chi connectivity index (χ3n) is 3.70. The number of aliphatic imine (C=N–C) groups is 1. The predicted octanol–water partition coefficient (Wildman–Crippen LogP) is 3.70. The smallest absolute Gasteiger partial charge is 0.209 e. The zero-order valence-corrected chi connectivity index (χ0v) is 13.9. The van der Waals surface area contributed by atoms with Gasteiger partial charge in [0, 0.05) is 24.9 Å². The van der Waals surface area contributed by atoms with Crippen LogP contribution in [-0.2, 0) is 0 Å². The first-order chi connectivity index (χ1) is 12.2. The normalized spacial score (nSPS) is 11.3. The maximum absolute atomic E-state index is 12.3. The van der Waals surface area contributed by atoms with Gasteiger partial charge in [0.2, 0.25) is 5.43 Å². The molecule has 0 spiro atoms. The highest BCUT2D eigenvalue weighted by atomic mass is 16.1. The van der Waals surface area contributed by atoms with Crippen LogP contribution in [0.15, 0.2) is 76.6 Å². The summed E-state index contributed by atoms with van der Waals surface area (Å²) in [5, 5.41) is 11.9. The second-order valence-corrected chi connectivity index (χ2v) is 5.61. The Morgan fingerprint density at radius 3 is 2.52 bits per heavy atom. The van der Waals surface area contributed by atoms with Gasteiger partial charge in [-0.05, 0) is 31.2 Å². The van der Waals surface area contributed by atoms with Crippen molar-refractivity contribution >= 4 is 17.6 Å². The van der Waals surface area contributed by atoms with Crippen molar-refractivity contribution < 1.29 is 0 Å². The summed E-state index contributed by atoms with van der Waals surface area (Å²) in [5.41, 5.74) is 3.27. The van der Waals surface area contributed by atoms with E-state index in [4.69, 9.17) is 5.41 Å². The Morgan fingerprint density at radius 1 is 1.12 bits per heavy atom. The molecule has 3 aromatic rings. The van der Waals surface area contributed by atoms with Crippen molar-refractivity contribution in [3.05, 3.63) is 88.3 Å². The minimum Gasteiger partial charge on any atom is -0.313 e. The molecular weight excluding hydrogens is 312 g/mol. The number of benzene rings is 2.